The molecule has 0 radical (unpaired) electrons. The monoisotopic (exact) mass is 602 g/mol. The molecule has 0 aromatic rings. The largest absolute Gasteiger partial charge is 0.469 e. The third-order valence-corrected chi connectivity index (χ3v) is 7.21. The number of allylic oxidation sites excluding steroid dienone is 4. The van der Waals surface area contributed by atoms with Crippen molar-refractivity contribution in [3.05, 3.63) is 24.3 Å². The number of ether oxygens (including phenoxy) is 2. The first-order valence-electron chi connectivity index (χ1n) is 16.1. The fraction of sp³-hybridized carbons (Fsp3) is 0.812. The van der Waals surface area contributed by atoms with Gasteiger partial charge in [0.25, 0.3) is 0 Å². The summed E-state index contributed by atoms with van der Waals surface area (Å²) in [7, 11) is -4.74. The summed E-state index contributed by atoms with van der Waals surface area (Å²) in [6.45, 7) is 3.57. The van der Waals surface area contributed by atoms with Crippen LogP contribution in [-0.2, 0) is 28.2 Å². The minimum absolute atomic E-state index is 0.197. The van der Waals surface area contributed by atoms with Crippen LogP contribution in [0, 0.1) is 0 Å². The van der Waals surface area contributed by atoms with Crippen LogP contribution in [0.4, 0.5) is 0 Å². The highest BCUT2D eigenvalue weighted by Crippen LogP contribution is 2.35. The van der Waals surface area contributed by atoms with Crippen LogP contribution in [0.2, 0.25) is 0 Å². The van der Waals surface area contributed by atoms with Gasteiger partial charge in [-0.25, -0.2) is 4.57 Å². The molecule has 0 bridgehead atoms. The Morgan fingerprint density at radius 1 is 0.634 bits per heavy atom. The van der Waals surface area contributed by atoms with E-state index >= 15 is 0 Å². The standard InChI is InChI=1S/C32H59O8P/c1-3-5-7-9-11-12-13-14-15-16-17-18-19-21-23-25-27-32(34)40-30(29-39-41(35,36)37)28-38-31(33)26-24-22-20-10-8-6-4-2/h12-13,15-16,30H,3-11,14,17-29H2,1-2H3,(H2,35,36,37)/b13-12-,16-15-. The van der Waals surface area contributed by atoms with Crippen LogP contribution < -0.4 is 0 Å². The molecule has 0 rings (SSSR count). The molecule has 0 amide bonds. The molecule has 1 atom stereocenters. The van der Waals surface area contributed by atoms with Crippen molar-refractivity contribution in [3.63, 3.8) is 0 Å². The lowest BCUT2D eigenvalue weighted by molar-refractivity contribution is -0.161. The zero-order chi connectivity index (χ0) is 30.4. The number of carbonyl (C=O) groups is 2. The van der Waals surface area contributed by atoms with Crippen molar-refractivity contribution in [2.75, 3.05) is 13.2 Å². The highest BCUT2D eigenvalue weighted by atomic mass is 31.2. The lowest BCUT2D eigenvalue weighted by atomic mass is 10.1. The topological polar surface area (TPSA) is 119 Å². The minimum Gasteiger partial charge on any atom is -0.462 e. The molecule has 0 aliphatic carbocycles. The van der Waals surface area contributed by atoms with Crippen LogP contribution in [-0.4, -0.2) is 41.0 Å². The van der Waals surface area contributed by atoms with Crippen LogP contribution >= 0.6 is 7.82 Å². The number of hydrogen-bond donors (Lipinski definition) is 2. The van der Waals surface area contributed by atoms with Crippen LogP contribution in [0.25, 0.3) is 0 Å². The Balaban J connectivity index is 4.02. The molecule has 8 nitrogen and oxygen atoms in total. The van der Waals surface area contributed by atoms with Gasteiger partial charge in [-0.2, -0.15) is 0 Å². The molecule has 0 aromatic heterocycles. The molecule has 0 aliphatic heterocycles. The molecule has 0 aliphatic rings. The first kappa shape index (κ1) is 39.5. The summed E-state index contributed by atoms with van der Waals surface area (Å²) in [6, 6.07) is 0. The van der Waals surface area contributed by atoms with E-state index in [4.69, 9.17) is 19.3 Å². The summed E-state index contributed by atoms with van der Waals surface area (Å²) in [5.74, 6) is -0.909. The van der Waals surface area contributed by atoms with E-state index < -0.39 is 32.5 Å². The lowest BCUT2D eigenvalue weighted by Crippen LogP contribution is -2.29. The summed E-state index contributed by atoms with van der Waals surface area (Å²) in [6.07, 6.45) is 29.2. The number of phosphoric acid groups is 1. The third kappa shape index (κ3) is 31.3. The molecule has 41 heavy (non-hydrogen) atoms. The minimum atomic E-state index is -4.74. The molecule has 0 aromatic carbocycles. The fourth-order valence-corrected chi connectivity index (χ4v) is 4.64. The molecule has 0 saturated carbocycles. The van der Waals surface area contributed by atoms with Crippen molar-refractivity contribution in [1.29, 1.82) is 0 Å². The van der Waals surface area contributed by atoms with Gasteiger partial charge in [-0.1, -0.05) is 115 Å². The third-order valence-electron chi connectivity index (χ3n) is 6.72. The van der Waals surface area contributed by atoms with E-state index in [9.17, 15) is 14.2 Å². The lowest BCUT2D eigenvalue weighted by Gasteiger charge is -2.18. The Kier molecular flexibility index (Phi) is 27.6. The summed E-state index contributed by atoms with van der Waals surface area (Å²) in [4.78, 5) is 42.3. The summed E-state index contributed by atoms with van der Waals surface area (Å²) < 4.78 is 26.1. The smallest absolute Gasteiger partial charge is 0.462 e. The van der Waals surface area contributed by atoms with Crippen molar-refractivity contribution < 1.29 is 37.9 Å². The van der Waals surface area contributed by atoms with E-state index in [0.29, 0.717) is 6.42 Å². The summed E-state index contributed by atoms with van der Waals surface area (Å²) in [5.41, 5.74) is 0. The molecule has 0 heterocycles. The van der Waals surface area contributed by atoms with Gasteiger partial charge in [0.2, 0.25) is 0 Å². The predicted molar refractivity (Wildman–Crippen MR) is 165 cm³/mol. The normalized spacial score (nSPS) is 12.8. The molecule has 1 unspecified atom stereocenters. The Morgan fingerprint density at radius 2 is 1.10 bits per heavy atom. The maximum atomic E-state index is 12.3. The van der Waals surface area contributed by atoms with Crippen LogP contribution in [0.1, 0.15) is 149 Å². The average Bonchev–Trinajstić information content (AvgIpc) is 2.93. The van der Waals surface area contributed by atoms with Crippen molar-refractivity contribution >= 4 is 19.8 Å². The van der Waals surface area contributed by atoms with Crippen LogP contribution in [0.5, 0.6) is 0 Å². The number of unbranched alkanes of at least 4 members (excludes halogenated alkanes) is 15. The molecule has 240 valence electrons. The molecule has 0 fully saturated rings. The van der Waals surface area contributed by atoms with E-state index in [1.807, 2.05) is 0 Å². The van der Waals surface area contributed by atoms with Crippen molar-refractivity contribution in [2.45, 2.75) is 155 Å². The van der Waals surface area contributed by atoms with Gasteiger partial charge in [-0.05, 0) is 44.9 Å². The van der Waals surface area contributed by atoms with Gasteiger partial charge < -0.3 is 19.3 Å². The van der Waals surface area contributed by atoms with Gasteiger partial charge in [-0.3, -0.25) is 14.1 Å². The van der Waals surface area contributed by atoms with E-state index in [1.165, 1.54) is 51.4 Å². The molecule has 9 heteroatoms. The molecule has 0 spiro atoms. The van der Waals surface area contributed by atoms with E-state index in [0.717, 1.165) is 64.2 Å². The van der Waals surface area contributed by atoms with Gasteiger partial charge in [-0.15, -0.1) is 0 Å². The Labute approximate surface area is 249 Å². The Hall–Kier alpha value is -1.47. The van der Waals surface area contributed by atoms with Crippen LogP contribution in [0.3, 0.4) is 0 Å². The molecular weight excluding hydrogens is 543 g/mol. The number of esters is 2. The quantitative estimate of drug-likeness (QED) is 0.0377. The highest BCUT2D eigenvalue weighted by molar-refractivity contribution is 7.46. The average molecular weight is 603 g/mol. The van der Waals surface area contributed by atoms with Gasteiger partial charge in [0.1, 0.15) is 6.61 Å². The first-order valence-corrected chi connectivity index (χ1v) is 17.7. The second kappa shape index (κ2) is 28.6. The van der Waals surface area contributed by atoms with Crippen molar-refractivity contribution in [3.8, 4) is 0 Å². The van der Waals surface area contributed by atoms with Gasteiger partial charge >= 0.3 is 19.8 Å². The highest BCUT2D eigenvalue weighted by Gasteiger charge is 2.22. The molecule has 0 saturated heterocycles. The van der Waals surface area contributed by atoms with E-state index in [-0.39, 0.29) is 19.4 Å². The van der Waals surface area contributed by atoms with Gasteiger partial charge in [0.15, 0.2) is 6.10 Å². The first-order chi connectivity index (χ1) is 19.8. The fourth-order valence-electron chi connectivity index (χ4n) is 4.28. The van der Waals surface area contributed by atoms with Crippen LogP contribution in [0.15, 0.2) is 24.3 Å². The molecular formula is C32H59O8P. The second-order valence-corrected chi connectivity index (χ2v) is 12.0. The van der Waals surface area contributed by atoms with Crippen molar-refractivity contribution in [2.24, 2.45) is 0 Å². The SMILES string of the molecule is CCCCCC/C=C\C/C=C\CCCCCCCC(=O)OC(COC(=O)CCCCCCCCC)COP(=O)(O)O. The maximum Gasteiger partial charge on any atom is 0.469 e. The summed E-state index contributed by atoms with van der Waals surface area (Å²) >= 11 is 0. The second-order valence-electron chi connectivity index (χ2n) is 10.8. The zero-order valence-electron chi connectivity index (χ0n) is 25.9. The predicted octanol–water partition coefficient (Wildman–Crippen LogP) is 8.90. The maximum absolute atomic E-state index is 12.3. The van der Waals surface area contributed by atoms with Crippen molar-refractivity contribution in [1.82, 2.24) is 0 Å². The van der Waals surface area contributed by atoms with Gasteiger partial charge in [0.05, 0.1) is 6.61 Å². The number of hydrogen-bond acceptors (Lipinski definition) is 6. The Bertz CT molecular complexity index is 731. The number of phosphoric ester groups is 1. The summed E-state index contributed by atoms with van der Waals surface area (Å²) in [5, 5.41) is 0. The Morgan fingerprint density at radius 3 is 1.63 bits per heavy atom. The van der Waals surface area contributed by atoms with E-state index in [1.54, 1.807) is 0 Å². The number of rotatable bonds is 29. The van der Waals surface area contributed by atoms with Gasteiger partial charge in [0, 0.05) is 12.8 Å². The van der Waals surface area contributed by atoms with E-state index in [2.05, 4.69) is 42.7 Å². The number of carbonyl (C=O) groups excluding carboxylic acids is 2. The molecule has 2 N–H and O–H groups in total. The zero-order valence-corrected chi connectivity index (χ0v) is 26.8.